The van der Waals surface area contributed by atoms with E-state index in [2.05, 4.69) is 22.9 Å². The predicted octanol–water partition coefficient (Wildman–Crippen LogP) is 5.93. The van der Waals surface area contributed by atoms with Gasteiger partial charge in [0.15, 0.2) is 6.10 Å². The van der Waals surface area contributed by atoms with Crippen molar-refractivity contribution in [1.29, 1.82) is 0 Å². The quantitative estimate of drug-likeness (QED) is 0.263. The first-order valence-corrected chi connectivity index (χ1v) is 13.5. The van der Waals surface area contributed by atoms with Crippen LogP contribution in [0.1, 0.15) is 59.3 Å². The molecule has 0 bridgehead atoms. The van der Waals surface area contributed by atoms with E-state index >= 15 is 0 Å². The highest BCUT2D eigenvalue weighted by molar-refractivity contribution is 9.10. The van der Waals surface area contributed by atoms with Gasteiger partial charge in [0.1, 0.15) is 11.9 Å². The molecule has 0 aliphatic heterocycles. The highest BCUT2D eigenvalue weighted by atomic mass is 79.9. The van der Waals surface area contributed by atoms with Crippen LogP contribution in [0.4, 0.5) is 0 Å². The third-order valence-electron chi connectivity index (χ3n) is 7.17. The number of aliphatic carboxylic acids is 1. The van der Waals surface area contributed by atoms with Gasteiger partial charge < -0.3 is 19.7 Å². The standard InChI is InChI=1S/C28H37BrO6/c1-4-6-7-10-20(27(31)32)25-17(3)13-14-18-15-19(30)16-24(26(18)25)35-28(33)22(5-2)34-23-12-9-8-11-21(23)29/h8-9,11-15,17,19-20,22,24-26,30H,4-7,10,16H2,1-3H3,(H,31,32)/t17-,19+,20?,22?,24-,25+,26+/m0/s1. The highest BCUT2D eigenvalue weighted by Crippen LogP contribution is 2.46. The molecule has 1 aromatic rings. The average Bonchev–Trinajstić information content (AvgIpc) is 2.82. The summed E-state index contributed by atoms with van der Waals surface area (Å²) in [5.41, 5.74) is 0.853. The van der Waals surface area contributed by atoms with Crippen LogP contribution in [0.15, 0.2) is 52.5 Å². The number of ether oxygens (including phenoxy) is 2. The summed E-state index contributed by atoms with van der Waals surface area (Å²) in [6.07, 6.45) is 7.64. The molecule has 7 heteroatoms. The number of carbonyl (C=O) groups excluding carboxylic acids is 1. The van der Waals surface area contributed by atoms with Crippen LogP contribution in [0.25, 0.3) is 0 Å². The molecule has 0 saturated carbocycles. The maximum atomic E-state index is 13.2. The largest absolute Gasteiger partial charge is 0.481 e. The SMILES string of the molecule is CCCCCC(C(=O)O)[C@@H]1[C@@H]2C(=C[C@@H](O)C[C@@H]2OC(=O)C(CC)Oc2ccccc2Br)C=C[C@@H]1C. The lowest BCUT2D eigenvalue weighted by Gasteiger charge is -2.44. The molecule has 0 amide bonds. The lowest BCUT2D eigenvalue weighted by Crippen LogP contribution is -2.47. The van der Waals surface area contributed by atoms with E-state index in [0.29, 0.717) is 18.6 Å². The molecule has 2 unspecified atom stereocenters. The molecule has 2 N–H and O–H groups in total. The van der Waals surface area contributed by atoms with E-state index in [0.717, 1.165) is 29.3 Å². The van der Waals surface area contributed by atoms with Gasteiger partial charge >= 0.3 is 11.9 Å². The first-order chi connectivity index (χ1) is 16.8. The number of esters is 1. The van der Waals surface area contributed by atoms with Gasteiger partial charge in [-0.15, -0.1) is 0 Å². The predicted molar refractivity (Wildman–Crippen MR) is 138 cm³/mol. The Hall–Kier alpha value is -2.12. The summed E-state index contributed by atoms with van der Waals surface area (Å²) in [4.78, 5) is 25.6. The summed E-state index contributed by atoms with van der Waals surface area (Å²) in [5.74, 6) is -1.82. The number of hydrogen-bond donors (Lipinski definition) is 2. The summed E-state index contributed by atoms with van der Waals surface area (Å²) in [7, 11) is 0. The van der Waals surface area contributed by atoms with Crippen molar-refractivity contribution in [2.75, 3.05) is 0 Å². The fourth-order valence-electron chi connectivity index (χ4n) is 5.41. The monoisotopic (exact) mass is 548 g/mol. The topological polar surface area (TPSA) is 93.1 Å². The number of hydrogen-bond acceptors (Lipinski definition) is 5. The number of carboxylic acids is 1. The van der Waals surface area contributed by atoms with Crippen LogP contribution < -0.4 is 4.74 Å². The van der Waals surface area contributed by atoms with Crippen molar-refractivity contribution in [3.8, 4) is 5.75 Å². The van der Waals surface area contributed by atoms with Crippen LogP contribution in [-0.4, -0.2) is 40.5 Å². The third kappa shape index (κ3) is 6.76. The minimum atomic E-state index is -0.813. The molecule has 0 fully saturated rings. The molecule has 1 aromatic carbocycles. The number of carboxylic acid groups (broad SMARTS) is 1. The second-order valence-corrected chi connectivity index (χ2v) is 10.5. The third-order valence-corrected chi connectivity index (χ3v) is 7.82. The molecule has 0 spiro atoms. The van der Waals surface area contributed by atoms with Gasteiger partial charge in [-0.25, -0.2) is 4.79 Å². The summed E-state index contributed by atoms with van der Waals surface area (Å²) in [6.45, 7) is 5.98. The Morgan fingerprint density at radius 3 is 2.60 bits per heavy atom. The summed E-state index contributed by atoms with van der Waals surface area (Å²) >= 11 is 3.44. The van der Waals surface area contributed by atoms with Crippen LogP contribution in [0.3, 0.4) is 0 Å². The van der Waals surface area contributed by atoms with E-state index < -0.39 is 36.2 Å². The van der Waals surface area contributed by atoms with Crippen molar-refractivity contribution in [3.05, 3.63) is 52.5 Å². The Balaban J connectivity index is 1.85. The van der Waals surface area contributed by atoms with Crippen molar-refractivity contribution >= 4 is 27.9 Å². The fraction of sp³-hybridized carbons (Fsp3) is 0.571. The molecular weight excluding hydrogens is 512 g/mol. The van der Waals surface area contributed by atoms with E-state index in [1.54, 1.807) is 12.1 Å². The molecule has 3 rings (SSSR count). The van der Waals surface area contributed by atoms with Crippen LogP contribution in [0.2, 0.25) is 0 Å². The second kappa shape index (κ2) is 12.7. The molecule has 6 nitrogen and oxygen atoms in total. The second-order valence-electron chi connectivity index (χ2n) is 9.65. The minimum Gasteiger partial charge on any atom is -0.481 e. The van der Waals surface area contributed by atoms with Gasteiger partial charge in [0.25, 0.3) is 0 Å². The van der Waals surface area contributed by atoms with E-state index in [9.17, 15) is 19.8 Å². The first kappa shape index (κ1) is 27.5. The van der Waals surface area contributed by atoms with E-state index in [4.69, 9.17) is 9.47 Å². The van der Waals surface area contributed by atoms with Crippen LogP contribution in [-0.2, 0) is 14.3 Å². The number of allylic oxidation sites excluding steroid dienone is 2. The van der Waals surface area contributed by atoms with Gasteiger partial charge in [-0.1, -0.05) is 70.4 Å². The number of carbonyl (C=O) groups is 2. The van der Waals surface area contributed by atoms with Gasteiger partial charge in [-0.2, -0.15) is 0 Å². The van der Waals surface area contributed by atoms with Gasteiger partial charge in [0.05, 0.1) is 16.5 Å². The molecular formula is C28H37BrO6. The molecule has 0 radical (unpaired) electrons. The number of halogens is 1. The molecule has 192 valence electrons. The first-order valence-electron chi connectivity index (χ1n) is 12.7. The minimum absolute atomic E-state index is 0.00909. The summed E-state index contributed by atoms with van der Waals surface area (Å²) in [5, 5.41) is 20.7. The van der Waals surface area contributed by atoms with Gasteiger partial charge in [-0.05, 0) is 58.3 Å². The maximum Gasteiger partial charge on any atom is 0.347 e. The Morgan fingerprint density at radius 1 is 1.20 bits per heavy atom. The zero-order chi connectivity index (χ0) is 25.5. The molecule has 0 heterocycles. The van der Waals surface area contributed by atoms with Crippen LogP contribution >= 0.6 is 15.9 Å². The zero-order valence-electron chi connectivity index (χ0n) is 20.7. The van der Waals surface area contributed by atoms with Crippen molar-refractivity contribution < 1.29 is 29.3 Å². The van der Waals surface area contributed by atoms with Crippen LogP contribution in [0.5, 0.6) is 5.75 Å². The lowest BCUT2D eigenvalue weighted by molar-refractivity contribution is -0.164. The van der Waals surface area contributed by atoms with Crippen molar-refractivity contribution in [1.82, 2.24) is 0 Å². The maximum absolute atomic E-state index is 13.2. The van der Waals surface area contributed by atoms with Gasteiger partial charge in [0.2, 0.25) is 0 Å². The number of para-hydroxylation sites is 1. The average molecular weight is 550 g/mol. The van der Waals surface area contributed by atoms with E-state index in [1.165, 1.54) is 0 Å². The smallest absolute Gasteiger partial charge is 0.347 e. The molecule has 7 atom stereocenters. The Bertz CT molecular complexity index is 941. The van der Waals surface area contributed by atoms with E-state index in [-0.39, 0.29) is 24.2 Å². The van der Waals surface area contributed by atoms with Gasteiger partial charge in [-0.3, -0.25) is 4.79 Å². The summed E-state index contributed by atoms with van der Waals surface area (Å²) < 4.78 is 12.7. The molecule has 0 saturated heterocycles. The number of aliphatic hydroxyl groups is 1. The van der Waals surface area contributed by atoms with E-state index in [1.807, 2.05) is 44.2 Å². The normalized spacial score (nSPS) is 27.3. The number of aliphatic hydroxyl groups excluding tert-OH is 1. The Morgan fingerprint density at radius 2 is 1.94 bits per heavy atom. The zero-order valence-corrected chi connectivity index (χ0v) is 22.3. The van der Waals surface area contributed by atoms with Crippen molar-refractivity contribution in [2.24, 2.45) is 23.7 Å². The molecule has 2 aliphatic rings. The molecule has 35 heavy (non-hydrogen) atoms. The summed E-state index contributed by atoms with van der Waals surface area (Å²) in [6, 6.07) is 7.32. The number of rotatable bonds is 11. The fourth-order valence-corrected chi connectivity index (χ4v) is 5.78. The number of fused-ring (bicyclic) bond motifs is 1. The number of benzene rings is 1. The van der Waals surface area contributed by atoms with Crippen LogP contribution in [0, 0.1) is 23.7 Å². The van der Waals surface area contributed by atoms with Crippen molar-refractivity contribution in [3.63, 3.8) is 0 Å². The Labute approximate surface area is 216 Å². The number of unbranched alkanes of at least 4 members (excludes halogenated alkanes) is 2. The highest BCUT2D eigenvalue weighted by Gasteiger charge is 2.47. The van der Waals surface area contributed by atoms with Crippen molar-refractivity contribution in [2.45, 2.75) is 77.6 Å². The molecule has 2 aliphatic carbocycles. The lowest BCUT2D eigenvalue weighted by atomic mass is 9.62. The Kier molecular flexibility index (Phi) is 9.99. The molecule has 0 aromatic heterocycles. The van der Waals surface area contributed by atoms with Gasteiger partial charge in [0, 0.05) is 12.3 Å².